The van der Waals surface area contributed by atoms with E-state index in [0.717, 1.165) is 22.0 Å². The van der Waals surface area contributed by atoms with E-state index >= 15 is 0 Å². The molecule has 2 amide bonds. The molecule has 0 bridgehead atoms. The van der Waals surface area contributed by atoms with Crippen LogP contribution in [0.5, 0.6) is 0 Å². The third-order valence-electron chi connectivity index (χ3n) is 6.07. The van der Waals surface area contributed by atoms with Gasteiger partial charge in [0.2, 0.25) is 0 Å². The zero-order valence-electron chi connectivity index (χ0n) is 17.9. The molecule has 2 aromatic carbocycles. The molecule has 0 atom stereocenters. The number of aromatic nitrogens is 2. The molecule has 0 saturated carbocycles. The second-order valence-electron chi connectivity index (χ2n) is 8.05. The highest BCUT2D eigenvalue weighted by atomic mass is 16.2. The van der Waals surface area contributed by atoms with Crippen molar-refractivity contribution in [1.82, 2.24) is 19.4 Å². The number of rotatable bonds is 3. The number of aryl methyl sites for hydroxylation is 1. The summed E-state index contributed by atoms with van der Waals surface area (Å²) in [5.74, 6) is -0.0851. The van der Waals surface area contributed by atoms with Gasteiger partial charge >= 0.3 is 0 Å². The first-order valence-electron chi connectivity index (χ1n) is 10.8. The number of pyridine rings is 1. The Bertz CT molecular complexity index is 1290. The van der Waals surface area contributed by atoms with E-state index in [2.05, 4.69) is 4.98 Å². The Morgan fingerprint density at radius 2 is 1.44 bits per heavy atom. The van der Waals surface area contributed by atoms with Crippen LogP contribution in [0.2, 0.25) is 0 Å². The zero-order chi connectivity index (χ0) is 22.1. The van der Waals surface area contributed by atoms with Gasteiger partial charge in [0.25, 0.3) is 11.8 Å². The van der Waals surface area contributed by atoms with Crippen LogP contribution >= 0.6 is 0 Å². The first kappa shape index (κ1) is 20.0. The monoisotopic (exact) mass is 424 g/mol. The van der Waals surface area contributed by atoms with Crippen LogP contribution in [-0.2, 0) is 7.05 Å². The van der Waals surface area contributed by atoms with Crippen LogP contribution in [0.4, 0.5) is 0 Å². The second-order valence-corrected chi connectivity index (χ2v) is 8.05. The summed E-state index contributed by atoms with van der Waals surface area (Å²) in [7, 11) is 1.95. The number of nitrogens with zero attached hydrogens (tertiary/aromatic N) is 4. The molecule has 160 valence electrons. The minimum atomic E-state index is -0.0972. The molecule has 0 aliphatic carbocycles. The molecule has 1 aliphatic rings. The summed E-state index contributed by atoms with van der Waals surface area (Å²) >= 11 is 0. The third-order valence-corrected chi connectivity index (χ3v) is 6.07. The molecule has 2 aromatic heterocycles. The Balaban J connectivity index is 1.29. The number of para-hydroxylation sites is 1. The van der Waals surface area contributed by atoms with Gasteiger partial charge in [0.1, 0.15) is 5.69 Å². The predicted octanol–water partition coefficient (Wildman–Crippen LogP) is 3.84. The average Bonchev–Trinajstić information content (AvgIpc) is 3.20. The highest BCUT2D eigenvalue weighted by molar-refractivity contribution is 6.07. The van der Waals surface area contributed by atoms with Crippen molar-refractivity contribution in [3.05, 3.63) is 90.4 Å². The van der Waals surface area contributed by atoms with E-state index < -0.39 is 0 Å². The standard InChI is InChI=1S/C26H24N4O2/c1-28-18-22(21-9-5-6-10-24(21)28)25(31)29-13-15-30(16-14-29)26(32)23-17-20(11-12-27-23)19-7-3-2-4-8-19/h2-12,17-18H,13-16H2,1H3. The minimum Gasteiger partial charge on any atom is -0.350 e. The summed E-state index contributed by atoms with van der Waals surface area (Å²) in [6.07, 6.45) is 3.57. The van der Waals surface area contributed by atoms with Crippen molar-refractivity contribution in [3.63, 3.8) is 0 Å². The van der Waals surface area contributed by atoms with Gasteiger partial charge in [-0.05, 0) is 29.3 Å². The van der Waals surface area contributed by atoms with E-state index in [4.69, 9.17) is 0 Å². The van der Waals surface area contributed by atoms with Gasteiger partial charge in [-0.3, -0.25) is 14.6 Å². The molecule has 0 unspecified atom stereocenters. The van der Waals surface area contributed by atoms with E-state index in [0.29, 0.717) is 37.4 Å². The quantitative estimate of drug-likeness (QED) is 0.502. The molecular formula is C26H24N4O2. The van der Waals surface area contributed by atoms with Gasteiger partial charge in [0.15, 0.2) is 0 Å². The molecule has 0 radical (unpaired) electrons. The fourth-order valence-electron chi connectivity index (χ4n) is 4.31. The van der Waals surface area contributed by atoms with Crippen LogP contribution < -0.4 is 0 Å². The number of amides is 2. The molecule has 32 heavy (non-hydrogen) atoms. The molecule has 5 rings (SSSR count). The van der Waals surface area contributed by atoms with Crippen molar-refractivity contribution in [2.45, 2.75) is 0 Å². The molecule has 1 saturated heterocycles. The SMILES string of the molecule is Cn1cc(C(=O)N2CCN(C(=O)c3cc(-c4ccccc4)ccn3)CC2)c2ccccc21. The van der Waals surface area contributed by atoms with E-state index in [1.54, 1.807) is 11.1 Å². The molecule has 6 nitrogen and oxygen atoms in total. The largest absolute Gasteiger partial charge is 0.350 e. The molecule has 0 N–H and O–H groups in total. The maximum atomic E-state index is 13.2. The van der Waals surface area contributed by atoms with E-state index in [1.807, 2.05) is 89.4 Å². The first-order valence-corrected chi connectivity index (χ1v) is 10.8. The summed E-state index contributed by atoms with van der Waals surface area (Å²) in [6.45, 7) is 2.00. The molecule has 1 fully saturated rings. The van der Waals surface area contributed by atoms with Crippen molar-refractivity contribution in [1.29, 1.82) is 0 Å². The zero-order valence-corrected chi connectivity index (χ0v) is 17.9. The highest BCUT2D eigenvalue weighted by Crippen LogP contribution is 2.23. The lowest BCUT2D eigenvalue weighted by atomic mass is 10.1. The Hall–Kier alpha value is -3.93. The average molecular weight is 425 g/mol. The van der Waals surface area contributed by atoms with Crippen molar-refractivity contribution in [2.75, 3.05) is 26.2 Å². The second kappa shape index (κ2) is 8.30. The smallest absolute Gasteiger partial charge is 0.272 e. The van der Waals surface area contributed by atoms with Crippen LogP contribution in [-0.4, -0.2) is 57.3 Å². The summed E-state index contributed by atoms with van der Waals surface area (Å²) in [6, 6.07) is 21.6. The van der Waals surface area contributed by atoms with E-state index in [1.165, 1.54) is 0 Å². The van der Waals surface area contributed by atoms with Crippen LogP contribution in [0.15, 0.2) is 79.1 Å². The number of benzene rings is 2. The van der Waals surface area contributed by atoms with Gasteiger partial charge in [-0.1, -0.05) is 48.5 Å². The van der Waals surface area contributed by atoms with Crippen molar-refractivity contribution in [2.24, 2.45) is 7.05 Å². The van der Waals surface area contributed by atoms with Crippen molar-refractivity contribution < 1.29 is 9.59 Å². The summed E-state index contributed by atoms with van der Waals surface area (Å²) < 4.78 is 1.98. The first-order chi connectivity index (χ1) is 15.6. The summed E-state index contributed by atoms with van der Waals surface area (Å²) in [5.41, 5.74) is 4.19. The van der Waals surface area contributed by atoms with Crippen molar-refractivity contribution in [3.8, 4) is 11.1 Å². The molecule has 0 spiro atoms. The normalized spacial score (nSPS) is 14.0. The lowest BCUT2D eigenvalue weighted by Crippen LogP contribution is -2.50. The third kappa shape index (κ3) is 3.64. The van der Waals surface area contributed by atoms with Crippen LogP contribution in [0.25, 0.3) is 22.0 Å². The number of carbonyl (C=O) groups is 2. The van der Waals surface area contributed by atoms with Crippen molar-refractivity contribution >= 4 is 22.7 Å². The maximum absolute atomic E-state index is 13.2. The van der Waals surface area contributed by atoms with Crippen LogP contribution in [0.1, 0.15) is 20.8 Å². The Kier molecular flexibility index (Phi) is 5.19. The van der Waals surface area contributed by atoms with Gasteiger partial charge in [0, 0.05) is 56.5 Å². The Morgan fingerprint density at radius 3 is 2.19 bits per heavy atom. The molecule has 3 heterocycles. The molecule has 6 heteroatoms. The topological polar surface area (TPSA) is 58.4 Å². The highest BCUT2D eigenvalue weighted by Gasteiger charge is 2.27. The van der Waals surface area contributed by atoms with Gasteiger partial charge in [-0.2, -0.15) is 0 Å². The van der Waals surface area contributed by atoms with E-state index in [9.17, 15) is 9.59 Å². The summed E-state index contributed by atoms with van der Waals surface area (Å²) in [4.78, 5) is 34.2. The number of hydrogen-bond donors (Lipinski definition) is 0. The lowest BCUT2D eigenvalue weighted by Gasteiger charge is -2.34. The fraction of sp³-hybridized carbons (Fsp3) is 0.192. The van der Waals surface area contributed by atoms with Crippen LogP contribution in [0.3, 0.4) is 0 Å². The summed E-state index contributed by atoms with van der Waals surface area (Å²) in [5, 5.41) is 0.959. The minimum absolute atomic E-state index is 0.0121. The fourth-order valence-corrected chi connectivity index (χ4v) is 4.31. The number of carbonyl (C=O) groups excluding carboxylic acids is 2. The predicted molar refractivity (Wildman–Crippen MR) is 124 cm³/mol. The van der Waals surface area contributed by atoms with Crippen LogP contribution in [0, 0.1) is 0 Å². The van der Waals surface area contributed by atoms with E-state index in [-0.39, 0.29) is 11.8 Å². The number of fused-ring (bicyclic) bond motifs is 1. The van der Waals surface area contributed by atoms with Gasteiger partial charge in [-0.15, -0.1) is 0 Å². The number of piperazine rings is 1. The van der Waals surface area contributed by atoms with Gasteiger partial charge in [0.05, 0.1) is 5.56 Å². The van der Waals surface area contributed by atoms with Gasteiger partial charge < -0.3 is 14.4 Å². The maximum Gasteiger partial charge on any atom is 0.272 e. The molecule has 1 aliphatic heterocycles. The molecule has 4 aromatic rings. The lowest BCUT2D eigenvalue weighted by molar-refractivity contribution is 0.0533. The number of hydrogen-bond acceptors (Lipinski definition) is 3. The van der Waals surface area contributed by atoms with Gasteiger partial charge in [-0.25, -0.2) is 0 Å². The Labute approximate surface area is 186 Å². The Morgan fingerprint density at radius 1 is 0.781 bits per heavy atom. The molecular weight excluding hydrogens is 400 g/mol.